The molecule has 3 atom stereocenters. The smallest absolute Gasteiger partial charge is 0.394 e. The van der Waals surface area contributed by atoms with Gasteiger partial charge in [-0.05, 0) is 5.75 Å². The number of aromatic nitrogens is 2. The summed E-state index contributed by atoms with van der Waals surface area (Å²) in [5.41, 5.74) is -1.08. The molecule has 12 heteroatoms. The summed E-state index contributed by atoms with van der Waals surface area (Å²) in [5, 5.41) is 16.7. The topological polar surface area (TPSA) is 122 Å². The number of H-pyrrole nitrogens is 1. The third kappa shape index (κ3) is 6.30. The minimum atomic E-state index is -4.67. The molecule has 1 aliphatic heterocycles. The van der Waals surface area contributed by atoms with Crippen molar-refractivity contribution in [1.82, 2.24) is 9.55 Å². The van der Waals surface area contributed by atoms with Gasteiger partial charge in [0, 0.05) is 18.7 Å². The van der Waals surface area contributed by atoms with Gasteiger partial charge in [-0.2, -0.15) is 13.2 Å². The average Bonchev–Trinajstić information content (AvgIpc) is 2.88. The predicted octanol–water partition coefficient (Wildman–Crippen LogP) is 0.00570. The second-order valence-corrected chi connectivity index (χ2v) is 6.09. The lowest BCUT2D eigenvalue weighted by atomic mass is 10.2. The highest BCUT2D eigenvalue weighted by molar-refractivity contribution is 8.13. The number of thioether (sulfide) groups is 1. The summed E-state index contributed by atoms with van der Waals surface area (Å²) < 4.78 is 40.2. The van der Waals surface area contributed by atoms with Gasteiger partial charge in [0.2, 0.25) is 0 Å². The van der Waals surface area contributed by atoms with Crippen LogP contribution in [0.3, 0.4) is 0 Å². The standard InChI is InChI=1S/C9H12N2O5.C4H5F3OS/c12-4-6-5(13)3-8(16-6)11-2-1-7(14)10-9(11)15;1-2-9-3(8)4(5,6)7/h1-2,5-6,8,12-13H,3-4H2,(H,10,14,15);2H2,1H3/t5-,6+,8?;/m0./s1. The summed E-state index contributed by atoms with van der Waals surface area (Å²) in [6, 6.07) is 1.20. The number of rotatable bonds is 3. The third-order valence-electron chi connectivity index (χ3n) is 3.05. The number of alkyl halides is 3. The molecule has 2 heterocycles. The van der Waals surface area contributed by atoms with Crippen molar-refractivity contribution in [1.29, 1.82) is 0 Å². The van der Waals surface area contributed by atoms with Crippen LogP contribution in [0, 0.1) is 0 Å². The van der Waals surface area contributed by atoms with Crippen LogP contribution in [-0.2, 0) is 9.53 Å². The molecular weight excluding hydrogens is 369 g/mol. The van der Waals surface area contributed by atoms with E-state index in [2.05, 4.69) is 4.98 Å². The molecule has 0 amide bonds. The second-order valence-electron chi connectivity index (χ2n) is 4.85. The third-order valence-corrected chi connectivity index (χ3v) is 3.83. The van der Waals surface area contributed by atoms with Gasteiger partial charge >= 0.3 is 11.9 Å². The van der Waals surface area contributed by atoms with Gasteiger partial charge in [-0.1, -0.05) is 18.7 Å². The Kier molecular flexibility index (Phi) is 7.86. The average molecular weight is 386 g/mol. The molecule has 0 radical (unpaired) electrons. The molecule has 142 valence electrons. The molecule has 3 N–H and O–H groups in total. The van der Waals surface area contributed by atoms with Gasteiger partial charge in [0.1, 0.15) is 12.3 Å². The zero-order valence-electron chi connectivity index (χ0n) is 13.0. The van der Waals surface area contributed by atoms with Gasteiger partial charge in [0.25, 0.3) is 10.7 Å². The molecule has 2 rings (SSSR count). The summed E-state index contributed by atoms with van der Waals surface area (Å²) in [4.78, 5) is 34.2. The lowest BCUT2D eigenvalue weighted by molar-refractivity contribution is -0.160. The molecule has 1 fully saturated rings. The van der Waals surface area contributed by atoms with Crippen LogP contribution in [0.5, 0.6) is 0 Å². The number of carbonyl (C=O) groups excluding carboxylic acids is 1. The van der Waals surface area contributed by atoms with Gasteiger partial charge in [0.05, 0.1) is 12.7 Å². The van der Waals surface area contributed by atoms with E-state index in [0.717, 1.165) is 0 Å². The van der Waals surface area contributed by atoms with Crippen molar-refractivity contribution in [2.75, 3.05) is 12.4 Å². The van der Waals surface area contributed by atoms with Crippen LogP contribution in [-0.4, -0.2) is 55.6 Å². The maximum absolute atomic E-state index is 11.4. The first-order valence-electron chi connectivity index (χ1n) is 7.10. The highest BCUT2D eigenvalue weighted by Crippen LogP contribution is 2.26. The largest absolute Gasteiger partial charge is 0.460 e. The van der Waals surface area contributed by atoms with E-state index in [4.69, 9.17) is 9.84 Å². The number of halogens is 3. The number of hydrogen-bond acceptors (Lipinski definition) is 7. The van der Waals surface area contributed by atoms with Crippen LogP contribution in [0.1, 0.15) is 19.6 Å². The van der Waals surface area contributed by atoms with Crippen LogP contribution in [0.15, 0.2) is 21.9 Å². The lowest BCUT2D eigenvalue weighted by Crippen LogP contribution is -2.31. The van der Waals surface area contributed by atoms with Crippen molar-refractivity contribution in [3.05, 3.63) is 33.1 Å². The molecule has 0 aliphatic carbocycles. The number of aliphatic hydroxyl groups is 2. The summed E-state index contributed by atoms with van der Waals surface area (Å²) >= 11 is 0.274. The Morgan fingerprint density at radius 2 is 2.12 bits per heavy atom. The van der Waals surface area contributed by atoms with Crippen LogP contribution < -0.4 is 11.2 Å². The first kappa shape index (κ1) is 21.4. The second kappa shape index (κ2) is 9.17. The molecule has 0 bridgehead atoms. The van der Waals surface area contributed by atoms with E-state index in [1.54, 1.807) is 0 Å². The van der Waals surface area contributed by atoms with Crippen LogP contribution in [0.4, 0.5) is 13.2 Å². The Balaban J connectivity index is 0.000000299. The Hall–Kier alpha value is -1.63. The number of carbonyl (C=O) groups is 1. The zero-order chi connectivity index (χ0) is 19.2. The van der Waals surface area contributed by atoms with Gasteiger partial charge in [-0.15, -0.1) is 0 Å². The van der Waals surface area contributed by atoms with Gasteiger partial charge in [0.15, 0.2) is 0 Å². The van der Waals surface area contributed by atoms with Gasteiger partial charge in [-0.3, -0.25) is 19.1 Å². The van der Waals surface area contributed by atoms with E-state index in [1.165, 1.54) is 23.8 Å². The summed E-state index contributed by atoms with van der Waals surface area (Å²) in [6.45, 7) is 1.18. The zero-order valence-corrected chi connectivity index (χ0v) is 13.8. The van der Waals surface area contributed by atoms with Crippen molar-refractivity contribution < 1.29 is 32.9 Å². The number of hydrogen-bond donors (Lipinski definition) is 3. The van der Waals surface area contributed by atoms with Gasteiger partial charge < -0.3 is 14.9 Å². The maximum Gasteiger partial charge on any atom is 0.460 e. The number of nitrogens with one attached hydrogen (secondary N) is 1. The molecule has 0 aromatic carbocycles. The van der Waals surface area contributed by atoms with Crippen molar-refractivity contribution >= 4 is 16.9 Å². The molecule has 1 aliphatic rings. The maximum atomic E-state index is 11.4. The lowest BCUT2D eigenvalue weighted by Gasteiger charge is -2.13. The summed E-state index contributed by atoms with van der Waals surface area (Å²) in [7, 11) is 0. The van der Waals surface area contributed by atoms with E-state index >= 15 is 0 Å². The van der Waals surface area contributed by atoms with Crippen LogP contribution in [0.2, 0.25) is 0 Å². The van der Waals surface area contributed by atoms with E-state index in [9.17, 15) is 32.7 Å². The monoisotopic (exact) mass is 386 g/mol. The minimum absolute atomic E-state index is 0.165. The van der Waals surface area contributed by atoms with E-state index in [1.807, 2.05) is 0 Å². The van der Waals surface area contributed by atoms with Gasteiger partial charge in [-0.25, -0.2) is 4.79 Å². The molecule has 0 saturated carbocycles. The fourth-order valence-corrected chi connectivity index (χ4v) is 2.34. The molecule has 1 saturated heterocycles. The number of nitrogens with zero attached hydrogens (tertiary/aromatic N) is 1. The molecule has 8 nitrogen and oxygen atoms in total. The minimum Gasteiger partial charge on any atom is -0.394 e. The molecule has 1 unspecified atom stereocenters. The summed E-state index contributed by atoms with van der Waals surface area (Å²) in [6.07, 6.45) is -5.31. The first-order valence-corrected chi connectivity index (χ1v) is 8.08. The fourth-order valence-electron chi connectivity index (χ4n) is 1.92. The predicted molar refractivity (Wildman–Crippen MR) is 82.1 cm³/mol. The molecule has 1 aromatic heterocycles. The Bertz CT molecular complexity index is 689. The SMILES string of the molecule is CCSC(=O)C(F)(F)F.O=c1ccn(C2C[C@H](O)[C@@H](CO)O2)c(=O)[nH]1. The summed E-state index contributed by atoms with van der Waals surface area (Å²) in [5.74, 6) is 0.165. The fraction of sp³-hybridized carbons (Fsp3) is 0.615. The molecule has 1 aromatic rings. The Labute approximate surface area is 143 Å². The first-order chi connectivity index (χ1) is 11.6. The Morgan fingerprint density at radius 3 is 2.52 bits per heavy atom. The molecular formula is C13H17F3N2O6S. The van der Waals surface area contributed by atoms with Crippen molar-refractivity contribution in [3.8, 4) is 0 Å². The van der Waals surface area contributed by atoms with Crippen molar-refractivity contribution in [3.63, 3.8) is 0 Å². The number of aromatic amines is 1. The number of ether oxygens (including phenoxy) is 1. The van der Waals surface area contributed by atoms with Crippen LogP contribution >= 0.6 is 11.8 Å². The van der Waals surface area contributed by atoms with E-state index in [0.29, 0.717) is 0 Å². The highest BCUT2D eigenvalue weighted by Gasteiger charge is 2.38. The van der Waals surface area contributed by atoms with Crippen molar-refractivity contribution in [2.24, 2.45) is 0 Å². The quantitative estimate of drug-likeness (QED) is 0.669. The van der Waals surface area contributed by atoms with Crippen molar-refractivity contribution in [2.45, 2.75) is 38.0 Å². The Morgan fingerprint density at radius 1 is 1.48 bits per heavy atom. The van der Waals surface area contributed by atoms with E-state index < -0.39 is 41.0 Å². The highest BCUT2D eigenvalue weighted by atomic mass is 32.2. The molecule has 0 spiro atoms. The normalized spacial score (nSPS) is 23.0. The van der Waals surface area contributed by atoms with Crippen LogP contribution in [0.25, 0.3) is 0 Å². The number of aliphatic hydroxyl groups excluding tert-OH is 2. The van der Waals surface area contributed by atoms with E-state index in [-0.39, 0.29) is 30.5 Å². The molecule has 25 heavy (non-hydrogen) atoms.